The Balaban J connectivity index is 1.49. The fourth-order valence-corrected chi connectivity index (χ4v) is 3.22. The summed E-state index contributed by atoms with van der Waals surface area (Å²) in [5.74, 6) is 0.122. The lowest BCUT2D eigenvalue weighted by Crippen LogP contribution is -2.28. The molecule has 0 unspecified atom stereocenters. The molecule has 0 bridgehead atoms. The van der Waals surface area contributed by atoms with E-state index in [1.165, 1.54) is 11.1 Å². The summed E-state index contributed by atoms with van der Waals surface area (Å²) in [6.07, 6.45) is 3.38. The van der Waals surface area contributed by atoms with E-state index in [-0.39, 0.29) is 11.8 Å². The average molecular weight is 350 g/mol. The van der Waals surface area contributed by atoms with E-state index < -0.39 is 0 Å². The van der Waals surface area contributed by atoms with Crippen molar-refractivity contribution in [3.8, 4) is 0 Å². The molecule has 0 aromatic heterocycles. The number of nitrogens with one attached hydrogen (secondary N) is 1. The standard InChI is InChI=1S/C22H26N2O2/c1-17-7-9-18(10-8-17)11-12-21(25)23-16-19-5-4-6-20(15-19)22(26)24-13-2-3-14-24/h4-10,15H,2-3,11-14,16H2,1H3,(H,23,25). The molecule has 1 saturated heterocycles. The zero-order valence-corrected chi connectivity index (χ0v) is 15.3. The highest BCUT2D eigenvalue weighted by Crippen LogP contribution is 2.14. The third-order valence-corrected chi connectivity index (χ3v) is 4.82. The summed E-state index contributed by atoms with van der Waals surface area (Å²) >= 11 is 0. The molecule has 1 fully saturated rings. The largest absolute Gasteiger partial charge is 0.352 e. The van der Waals surface area contributed by atoms with Crippen LogP contribution in [0.1, 0.15) is 46.3 Å². The first-order chi connectivity index (χ1) is 12.6. The molecule has 0 atom stereocenters. The molecule has 0 radical (unpaired) electrons. The Labute approximate surface area is 155 Å². The van der Waals surface area contributed by atoms with Crippen LogP contribution in [0.5, 0.6) is 0 Å². The van der Waals surface area contributed by atoms with Crippen molar-refractivity contribution in [2.24, 2.45) is 0 Å². The molecular weight excluding hydrogens is 324 g/mol. The van der Waals surface area contributed by atoms with Gasteiger partial charge in [-0.25, -0.2) is 0 Å². The number of hydrogen-bond donors (Lipinski definition) is 1. The summed E-state index contributed by atoms with van der Waals surface area (Å²) in [6.45, 7) is 4.20. The Morgan fingerprint density at radius 3 is 2.46 bits per heavy atom. The summed E-state index contributed by atoms with van der Waals surface area (Å²) in [4.78, 5) is 26.5. The van der Waals surface area contributed by atoms with Crippen molar-refractivity contribution in [3.63, 3.8) is 0 Å². The van der Waals surface area contributed by atoms with Gasteiger partial charge in [0.05, 0.1) is 0 Å². The van der Waals surface area contributed by atoms with Gasteiger partial charge in [-0.05, 0) is 49.4 Å². The third-order valence-electron chi connectivity index (χ3n) is 4.82. The fraction of sp³-hybridized carbons (Fsp3) is 0.364. The van der Waals surface area contributed by atoms with Crippen LogP contribution in [-0.2, 0) is 17.8 Å². The van der Waals surface area contributed by atoms with Gasteiger partial charge in [-0.2, -0.15) is 0 Å². The molecule has 2 aromatic rings. The molecule has 0 aliphatic carbocycles. The Morgan fingerprint density at radius 2 is 1.73 bits per heavy atom. The van der Waals surface area contributed by atoms with Crippen LogP contribution in [0.15, 0.2) is 48.5 Å². The number of carbonyl (C=O) groups excluding carboxylic acids is 2. The quantitative estimate of drug-likeness (QED) is 0.867. The van der Waals surface area contributed by atoms with Crippen LogP contribution in [0.2, 0.25) is 0 Å². The van der Waals surface area contributed by atoms with Gasteiger partial charge < -0.3 is 10.2 Å². The van der Waals surface area contributed by atoms with Gasteiger partial charge in [0.25, 0.3) is 5.91 Å². The van der Waals surface area contributed by atoms with Crippen molar-refractivity contribution in [2.45, 2.75) is 39.2 Å². The fourth-order valence-electron chi connectivity index (χ4n) is 3.22. The number of aryl methyl sites for hydroxylation is 2. The molecule has 3 rings (SSSR count). The van der Waals surface area contributed by atoms with E-state index >= 15 is 0 Å². The number of hydrogen-bond acceptors (Lipinski definition) is 2. The average Bonchev–Trinajstić information content (AvgIpc) is 3.20. The van der Waals surface area contributed by atoms with Gasteiger partial charge in [0.2, 0.25) is 5.91 Å². The predicted octanol–water partition coefficient (Wildman–Crippen LogP) is 3.48. The summed E-state index contributed by atoms with van der Waals surface area (Å²) in [6, 6.07) is 15.8. The minimum Gasteiger partial charge on any atom is -0.352 e. The number of benzene rings is 2. The second-order valence-corrected chi connectivity index (χ2v) is 6.96. The zero-order valence-electron chi connectivity index (χ0n) is 15.3. The Kier molecular flexibility index (Phi) is 6.05. The molecule has 136 valence electrons. The molecule has 0 spiro atoms. The molecule has 2 amide bonds. The number of likely N-dealkylation sites (tertiary alicyclic amines) is 1. The van der Waals surface area contributed by atoms with Gasteiger partial charge in [0.15, 0.2) is 0 Å². The van der Waals surface area contributed by atoms with Crippen LogP contribution in [0, 0.1) is 6.92 Å². The van der Waals surface area contributed by atoms with Gasteiger partial charge >= 0.3 is 0 Å². The number of nitrogens with zero attached hydrogens (tertiary/aromatic N) is 1. The van der Waals surface area contributed by atoms with E-state index in [9.17, 15) is 9.59 Å². The Hall–Kier alpha value is -2.62. The van der Waals surface area contributed by atoms with E-state index in [4.69, 9.17) is 0 Å². The first kappa shape index (κ1) is 18.2. The molecule has 4 nitrogen and oxygen atoms in total. The molecule has 1 aliphatic heterocycles. The van der Waals surface area contributed by atoms with E-state index in [2.05, 4.69) is 36.5 Å². The van der Waals surface area contributed by atoms with Gasteiger partial charge in [-0.3, -0.25) is 9.59 Å². The van der Waals surface area contributed by atoms with Crippen LogP contribution >= 0.6 is 0 Å². The maximum atomic E-state index is 12.5. The molecular formula is C22H26N2O2. The number of amides is 2. The van der Waals surface area contributed by atoms with Gasteiger partial charge in [0, 0.05) is 31.6 Å². The van der Waals surface area contributed by atoms with Crippen molar-refractivity contribution in [1.82, 2.24) is 10.2 Å². The monoisotopic (exact) mass is 350 g/mol. The van der Waals surface area contributed by atoms with E-state index in [1.807, 2.05) is 29.2 Å². The van der Waals surface area contributed by atoms with E-state index in [0.717, 1.165) is 37.9 Å². The second-order valence-electron chi connectivity index (χ2n) is 6.96. The van der Waals surface area contributed by atoms with Crippen LogP contribution in [0.4, 0.5) is 0 Å². The minimum absolute atomic E-state index is 0.0295. The van der Waals surface area contributed by atoms with Crippen molar-refractivity contribution < 1.29 is 9.59 Å². The van der Waals surface area contributed by atoms with E-state index in [1.54, 1.807) is 0 Å². The third kappa shape index (κ3) is 4.94. The van der Waals surface area contributed by atoms with Crippen molar-refractivity contribution in [1.29, 1.82) is 0 Å². The maximum Gasteiger partial charge on any atom is 0.253 e. The molecule has 4 heteroatoms. The molecule has 2 aromatic carbocycles. The van der Waals surface area contributed by atoms with Crippen molar-refractivity contribution in [3.05, 3.63) is 70.8 Å². The van der Waals surface area contributed by atoms with Crippen molar-refractivity contribution >= 4 is 11.8 Å². The van der Waals surface area contributed by atoms with Gasteiger partial charge in [0.1, 0.15) is 0 Å². The normalized spacial score (nSPS) is 13.7. The number of carbonyl (C=O) groups is 2. The van der Waals surface area contributed by atoms with Crippen LogP contribution in [-0.4, -0.2) is 29.8 Å². The highest BCUT2D eigenvalue weighted by Gasteiger charge is 2.19. The summed E-state index contributed by atoms with van der Waals surface area (Å²) in [5, 5.41) is 2.95. The SMILES string of the molecule is Cc1ccc(CCC(=O)NCc2cccc(C(=O)N3CCCC3)c2)cc1. The lowest BCUT2D eigenvalue weighted by Gasteiger charge is -2.15. The summed E-state index contributed by atoms with van der Waals surface area (Å²) < 4.78 is 0. The zero-order chi connectivity index (χ0) is 18.4. The van der Waals surface area contributed by atoms with Gasteiger partial charge in [-0.1, -0.05) is 42.0 Å². The molecule has 0 saturated carbocycles. The van der Waals surface area contributed by atoms with Gasteiger partial charge in [-0.15, -0.1) is 0 Å². The van der Waals surface area contributed by atoms with Crippen LogP contribution in [0.3, 0.4) is 0 Å². The molecule has 1 aliphatic rings. The lowest BCUT2D eigenvalue weighted by molar-refractivity contribution is -0.121. The topological polar surface area (TPSA) is 49.4 Å². The first-order valence-electron chi connectivity index (χ1n) is 9.32. The Morgan fingerprint density at radius 1 is 1.00 bits per heavy atom. The number of rotatable bonds is 6. The minimum atomic E-state index is 0.0295. The lowest BCUT2D eigenvalue weighted by atomic mass is 10.1. The van der Waals surface area contributed by atoms with E-state index in [0.29, 0.717) is 18.5 Å². The second kappa shape index (κ2) is 8.65. The van der Waals surface area contributed by atoms with Crippen LogP contribution in [0.25, 0.3) is 0 Å². The smallest absolute Gasteiger partial charge is 0.253 e. The van der Waals surface area contributed by atoms with Crippen molar-refractivity contribution in [2.75, 3.05) is 13.1 Å². The molecule has 26 heavy (non-hydrogen) atoms. The molecule has 1 heterocycles. The summed E-state index contributed by atoms with van der Waals surface area (Å²) in [7, 11) is 0. The Bertz CT molecular complexity index is 762. The van der Waals surface area contributed by atoms with Crippen LogP contribution < -0.4 is 5.32 Å². The molecule has 1 N–H and O–H groups in total. The highest BCUT2D eigenvalue weighted by atomic mass is 16.2. The summed E-state index contributed by atoms with van der Waals surface area (Å²) in [5.41, 5.74) is 4.06. The maximum absolute atomic E-state index is 12.5. The first-order valence-corrected chi connectivity index (χ1v) is 9.32. The predicted molar refractivity (Wildman–Crippen MR) is 103 cm³/mol. The highest BCUT2D eigenvalue weighted by molar-refractivity contribution is 5.94.